The second-order valence-corrected chi connectivity index (χ2v) is 7.22. The maximum Gasteiger partial charge on any atom is 0.267 e. The molecule has 0 aromatic heterocycles. The van der Waals surface area contributed by atoms with Crippen LogP contribution in [-0.4, -0.2) is 5.91 Å². The number of amides is 1. The van der Waals surface area contributed by atoms with Crippen LogP contribution in [0.1, 0.15) is 30.9 Å². The molecule has 2 rings (SSSR count). The predicted molar refractivity (Wildman–Crippen MR) is 110 cm³/mol. The van der Waals surface area contributed by atoms with Gasteiger partial charge < -0.3 is 10.6 Å². The quantitative estimate of drug-likeness (QED) is 0.379. The van der Waals surface area contributed by atoms with Crippen LogP contribution in [0.4, 0.5) is 11.4 Å². The lowest BCUT2D eigenvalue weighted by molar-refractivity contribution is -0.112. The van der Waals surface area contributed by atoms with E-state index in [2.05, 4.69) is 47.1 Å². The van der Waals surface area contributed by atoms with Crippen molar-refractivity contribution in [2.45, 2.75) is 26.7 Å². The third-order valence-electron chi connectivity index (χ3n) is 3.76. The molecule has 0 aliphatic heterocycles. The molecule has 1 amide bonds. The van der Waals surface area contributed by atoms with Crippen LogP contribution in [0, 0.1) is 21.8 Å². The summed E-state index contributed by atoms with van der Waals surface area (Å²) in [6, 6.07) is 15.5. The summed E-state index contributed by atoms with van der Waals surface area (Å²) in [6.45, 7) is 6.10. The molecule has 5 heteroatoms. The molecule has 0 heterocycles. The van der Waals surface area contributed by atoms with E-state index in [9.17, 15) is 10.1 Å². The Morgan fingerprint density at radius 1 is 1.20 bits per heavy atom. The SMILES string of the molecule is Cc1cc(I)ccc1N/C=C(/C#N)C(=O)Nc1ccccc1C(C)C. The monoisotopic (exact) mass is 445 g/mol. The Kier molecular flexibility index (Phi) is 6.59. The molecule has 0 fully saturated rings. The Balaban J connectivity index is 2.17. The number of carbonyl (C=O) groups is 1. The van der Waals surface area contributed by atoms with Gasteiger partial charge >= 0.3 is 0 Å². The van der Waals surface area contributed by atoms with Crippen LogP contribution < -0.4 is 10.6 Å². The molecule has 2 aromatic rings. The van der Waals surface area contributed by atoms with Gasteiger partial charge in [0.15, 0.2) is 0 Å². The smallest absolute Gasteiger partial charge is 0.267 e. The number of benzene rings is 2. The second-order valence-electron chi connectivity index (χ2n) is 5.97. The Morgan fingerprint density at radius 3 is 2.56 bits per heavy atom. The van der Waals surface area contributed by atoms with Crippen molar-refractivity contribution >= 4 is 39.9 Å². The van der Waals surface area contributed by atoms with Crippen molar-refractivity contribution < 1.29 is 4.79 Å². The average Bonchev–Trinajstić information content (AvgIpc) is 2.57. The van der Waals surface area contributed by atoms with Gasteiger partial charge in [-0.05, 0) is 70.8 Å². The normalized spacial score (nSPS) is 11.1. The van der Waals surface area contributed by atoms with Crippen molar-refractivity contribution in [2.24, 2.45) is 0 Å². The summed E-state index contributed by atoms with van der Waals surface area (Å²) in [5, 5.41) is 15.2. The highest BCUT2D eigenvalue weighted by molar-refractivity contribution is 14.1. The summed E-state index contributed by atoms with van der Waals surface area (Å²) >= 11 is 2.24. The van der Waals surface area contributed by atoms with Gasteiger partial charge in [0.05, 0.1) is 0 Å². The molecule has 0 spiro atoms. The summed E-state index contributed by atoms with van der Waals surface area (Å²) in [4.78, 5) is 12.4. The molecule has 0 saturated heterocycles. The Bertz CT molecular complexity index is 850. The molecule has 0 atom stereocenters. The van der Waals surface area contributed by atoms with Crippen LogP contribution in [0.15, 0.2) is 54.2 Å². The third-order valence-corrected chi connectivity index (χ3v) is 4.43. The van der Waals surface area contributed by atoms with Crippen LogP contribution in [0.3, 0.4) is 0 Å². The molecule has 128 valence electrons. The number of hydrogen-bond acceptors (Lipinski definition) is 3. The summed E-state index contributed by atoms with van der Waals surface area (Å²) in [6.07, 6.45) is 1.45. The van der Waals surface area contributed by atoms with Crippen molar-refractivity contribution in [3.05, 3.63) is 68.9 Å². The Labute approximate surface area is 162 Å². The van der Waals surface area contributed by atoms with Gasteiger partial charge in [0.25, 0.3) is 5.91 Å². The topological polar surface area (TPSA) is 64.9 Å². The third kappa shape index (κ3) is 5.07. The molecular formula is C20H20IN3O. The van der Waals surface area contributed by atoms with E-state index in [-0.39, 0.29) is 11.5 Å². The van der Waals surface area contributed by atoms with Crippen molar-refractivity contribution in [1.82, 2.24) is 0 Å². The van der Waals surface area contributed by atoms with Crippen LogP contribution in [0.5, 0.6) is 0 Å². The second kappa shape index (κ2) is 8.67. The van der Waals surface area contributed by atoms with Crippen LogP contribution in [0.2, 0.25) is 0 Å². The molecule has 4 nitrogen and oxygen atoms in total. The zero-order valence-electron chi connectivity index (χ0n) is 14.4. The minimum Gasteiger partial charge on any atom is -0.360 e. The van der Waals surface area contributed by atoms with Crippen LogP contribution in [0.25, 0.3) is 0 Å². The summed E-state index contributed by atoms with van der Waals surface area (Å²) < 4.78 is 1.13. The lowest BCUT2D eigenvalue weighted by Crippen LogP contribution is -2.16. The molecule has 2 aromatic carbocycles. The number of anilines is 2. The molecule has 2 N–H and O–H groups in total. The maximum absolute atomic E-state index is 12.4. The van der Waals surface area contributed by atoms with E-state index < -0.39 is 5.91 Å². The average molecular weight is 445 g/mol. The van der Waals surface area contributed by atoms with E-state index in [4.69, 9.17) is 0 Å². The first-order chi connectivity index (χ1) is 11.9. The lowest BCUT2D eigenvalue weighted by atomic mass is 10.0. The van der Waals surface area contributed by atoms with Crippen molar-refractivity contribution in [1.29, 1.82) is 5.26 Å². The van der Waals surface area contributed by atoms with Gasteiger partial charge in [-0.3, -0.25) is 4.79 Å². The molecule has 25 heavy (non-hydrogen) atoms. The van der Waals surface area contributed by atoms with Gasteiger partial charge in [0.1, 0.15) is 11.6 Å². The number of aryl methyl sites for hydroxylation is 1. The van der Waals surface area contributed by atoms with Crippen LogP contribution in [-0.2, 0) is 4.79 Å². The first-order valence-electron chi connectivity index (χ1n) is 7.95. The van der Waals surface area contributed by atoms with Gasteiger partial charge in [0, 0.05) is 21.1 Å². The zero-order valence-corrected chi connectivity index (χ0v) is 16.6. The highest BCUT2D eigenvalue weighted by Gasteiger charge is 2.13. The van der Waals surface area contributed by atoms with Gasteiger partial charge in [0.2, 0.25) is 0 Å². The Hall–Kier alpha value is -2.33. The predicted octanol–water partition coefficient (Wildman–Crippen LogP) is 5.18. The van der Waals surface area contributed by atoms with Crippen molar-refractivity contribution in [3.63, 3.8) is 0 Å². The molecule has 0 aliphatic carbocycles. The van der Waals surface area contributed by atoms with E-state index in [1.165, 1.54) is 6.20 Å². The molecular weight excluding hydrogens is 425 g/mol. The van der Waals surface area contributed by atoms with E-state index >= 15 is 0 Å². The first-order valence-corrected chi connectivity index (χ1v) is 9.03. The standard InChI is InChI=1S/C20H20IN3O/c1-13(2)17-6-4-5-7-19(17)24-20(25)15(11-22)12-23-18-9-8-16(21)10-14(18)3/h4-10,12-13,23H,1-3H3,(H,24,25)/b15-12-. The molecule has 0 aliphatic rings. The highest BCUT2D eigenvalue weighted by atomic mass is 127. The number of halogens is 1. The number of hydrogen-bond donors (Lipinski definition) is 2. The number of nitrogens with one attached hydrogen (secondary N) is 2. The van der Waals surface area contributed by atoms with Gasteiger partial charge in [-0.1, -0.05) is 32.0 Å². The van der Waals surface area contributed by atoms with Gasteiger partial charge in [-0.25, -0.2) is 0 Å². The summed E-state index contributed by atoms with van der Waals surface area (Å²) in [7, 11) is 0. The minimum atomic E-state index is -0.425. The molecule has 0 unspecified atom stereocenters. The fraction of sp³-hybridized carbons (Fsp3) is 0.200. The van der Waals surface area contributed by atoms with E-state index in [0.29, 0.717) is 0 Å². The molecule has 0 bridgehead atoms. The number of nitriles is 1. The largest absolute Gasteiger partial charge is 0.360 e. The van der Waals surface area contributed by atoms with Crippen molar-refractivity contribution in [3.8, 4) is 6.07 Å². The van der Waals surface area contributed by atoms with E-state index in [0.717, 1.165) is 26.1 Å². The number of carbonyl (C=O) groups excluding carboxylic acids is 1. The summed E-state index contributed by atoms with van der Waals surface area (Å²) in [5.74, 6) is -0.148. The zero-order chi connectivity index (χ0) is 18.4. The fourth-order valence-corrected chi connectivity index (χ4v) is 3.04. The summed E-state index contributed by atoms with van der Waals surface area (Å²) in [5.41, 5.74) is 3.70. The van der Waals surface area contributed by atoms with Crippen molar-refractivity contribution in [2.75, 3.05) is 10.6 Å². The molecule has 0 saturated carbocycles. The van der Waals surface area contributed by atoms with Gasteiger partial charge in [-0.2, -0.15) is 5.26 Å². The number of rotatable bonds is 5. The molecule has 0 radical (unpaired) electrons. The van der Waals surface area contributed by atoms with E-state index in [1.54, 1.807) is 0 Å². The minimum absolute atomic E-state index is 0.0245. The van der Waals surface area contributed by atoms with Gasteiger partial charge in [-0.15, -0.1) is 0 Å². The fourth-order valence-electron chi connectivity index (χ4n) is 2.39. The number of para-hydroxylation sites is 1. The van der Waals surface area contributed by atoms with Crippen LogP contribution >= 0.6 is 22.6 Å². The Morgan fingerprint density at radius 2 is 1.92 bits per heavy atom. The lowest BCUT2D eigenvalue weighted by Gasteiger charge is -2.13. The maximum atomic E-state index is 12.4. The highest BCUT2D eigenvalue weighted by Crippen LogP contribution is 2.24. The van der Waals surface area contributed by atoms with E-state index in [1.807, 2.05) is 55.5 Å². The first kappa shape index (κ1) is 19.0. The number of nitrogens with zero attached hydrogens (tertiary/aromatic N) is 1.